The minimum absolute atomic E-state index is 0.459. The maximum absolute atomic E-state index is 5.56. The van der Waals surface area contributed by atoms with E-state index in [2.05, 4.69) is 12.2 Å². The highest BCUT2D eigenvalue weighted by Gasteiger charge is 2.19. The third-order valence-corrected chi connectivity index (χ3v) is 4.20. The van der Waals surface area contributed by atoms with Crippen molar-refractivity contribution >= 4 is 0 Å². The van der Waals surface area contributed by atoms with Gasteiger partial charge in [-0.05, 0) is 38.6 Å². The van der Waals surface area contributed by atoms with E-state index in [0.29, 0.717) is 12.1 Å². The fourth-order valence-corrected chi connectivity index (χ4v) is 3.15. The second-order valence-corrected chi connectivity index (χ2v) is 5.65. The minimum atomic E-state index is 0.459. The highest BCUT2D eigenvalue weighted by Crippen LogP contribution is 2.26. The van der Waals surface area contributed by atoms with Crippen molar-refractivity contribution < 1.29 is 4.74 Å². The van der Waals surface area contributed by atoms with Crippen LogP contribution in [-0.4, -0.2) is 25.3 Å². The summed E-state index contributed by atoms with van der Waals surface area (Å²) >= 11 is 0. The molecule has 1 saturated carbocycles. The monoisotopic (exact) mass is 225 g/mol. The first-order valence-corrected chi connectivity index (χ1v) is 7.19. The van der Waals surface area contributed by atoms with Crippen LogP contribution in [0.25, 0.3) is 0 Å². The van der Waals surface area contributed by atoms with E-state index in [4.69, 9.17) is 4.74 Å². The zero-order valence-electron chi connectivity index (χ0n) is 10.7. The van der Waals surface area contributed by atoms with Crippen molar-refractivity contribution in [3.8, 4) is 0 Å². The molecule has 0 radical (unpaired) electrons. The molecule has 1 aliphatic carbocycles. The molecule has 16 heavy (non-hydrogen) atoms. The highest BCUT2D eigenvalue weighted by atomic mass is 16.5. The predicted octanol–water partition coefficient (Wildman–Crippen LogP) is 3.11. The summed E-state index contributed by atoms with van der Waals surface area (Å²) in [6, 6.07) is 0.715. The summed E-state index contributed by atoms with van der Waals surface area (Å²) in [5.41, 5.74) is 0. The average Bonchev–Trinajstić information content (AvgIpc) is 2.30. The Balaban J connectivity index is 1.56. The molecule has 2 rings (SSSR count). The zero-order chi connectivity index (χ0) is 11.2. The summed E-state index contributed by atoms with van der Waals surface area (Å²) in [5.74, 6) is 1.01. The van der Waals surface area contributed by atoms with Gasteiger partial charge in [0.1, 0.15) is 0 Å². The van der Waals surface area contributed by atoms with Crippen LogP contribution in [0.2, 0.25) is 0 Å². The summed E-state index contributed by atoms with van der Waals surface area (Å²) in [5, 5.41) is 3.72. The fourth-order valence-electron chi connectivity index (χ4n) is 3.15. The first kappa shape index (κ1) is 12.4. The van der Waals surface area contributed by atoms with Gasteiger partial charge in [0.15, 0.2) is 0 Å². The molecule has 1 saturated heterocycles. The van der Waals surface area contributed by atoms with E-state index in [1.165, 1.54) is 57.9 Å². The highest BCUT2D eigenvalue weighted by molar-refractivity contribution is 4.75. The molecule has 1 N–H and O–H groups in total. The van der Waals surface area contributed by atoms with E-state index >= 15 is 0 Å². The molecule has 2 fully saturated rings. The van der Waals surface area contributed by atoms with Gasteiger partial charge in [0.25, 0.3) is 0 Å². The van der Waals surface area contributed by atoms with Gasteiger partial charge in [0.05, 0.1) is 6.10 Å². The molecule has 0 aromatic carbocycles. The van der Waals surface area contributed by atoms with Crippen LogP contribution < -0.4 is 5.32 Å². The van der Waals surface area contributed by atoms with Crippen LogP contribution in [-0.2, 0) is 4.74 Å². The molecule has 2 nitrogen and oxygen atoms in total. The largest absolute Gasteiger partial charge is 0.378 e. The normalized spacial score (nSPS) is 32.8. The summed E-state index contributed by atoms with van der Waals surface area (Å²) in [4.78, 5) is 0. The Labute approximate surface area is 100 Å². The van der Waals surface area contributed by atoms with Crippen molar-refractivity contribution in [3.63, 3.8) is 0 Å². The van der Waals surface area contributed by atoms with Crippen LogP contribution in [0.4, 0.5) is 0 Å². The molecule has 2 aliphatic rings. The fraction of sp³-hybridized carbons (Fsp3) is 1.00. The van der Waals surface area contributed by atoms with Crippen molar-refractivity contribution in [3.05, 3.63) is 0 Å². The molecule has 1 heterocycles. The third-order valence-electron chi connectivity index (χ3n) is 4.20. The average molecular weight is 225 g/mol. The van der Waals surface area contributed by atoms with Crippen LogP contribution in [0.15, 0.2) is 0 Å². The lowest BCUT2D eigenvalue weighted by Gasteiger charge is -2.29. The maximum atomic E-state index is 5.56. The Morgan fingerprint density at radius 1 is 1.12 bits per heavy atom. The number of ether oxygens (including phenoxy) is 1. The lowest BCUT2D eigenvalue weighted by atomic mass is 9.87. The molecule has 0 bridgehead atoms. The lowest BCUT2D eigenvalue weighted by molar-refractivity contribution is 0.0131. The molecule has 2 unspecified atom stereocenters. The first-order valence-electron chi connectivity index (χ1n) is 7.19. The second-order valence-electron chi connectivity index (χ2n) is 5.65. The minimum Gasteiger partial charge on any atom is -0.378 e. The van der Waals surface area contributed by atoms with Crippen molar-refractivity contribution in [2.75, 3.05) is 13.2 Å². The molecule has 0 spiro atoms. The number of hydrogen-bond acceptors (Lipinski definition) is 2. The van der Waals surface area contributed by atoms with E-state index in [-0.39, 0.29) is 0 Å². The molecule has 0 amide bonds. The number of hydrogen-bond donors (Lipinski definition) is 1. The maximum Gasteiger partial charge on any atom is 0.0561 e. The van der Waals surface area contributed by atoms with Crippen molar-refractivity contribution in [2.45, 2.75) is 70.4 Å². The molecular formula is C14H27NO. The summed E-state index contributed by atoms with van der Waals surface area (Å²) in [7, 11) is 0. The van der Waals surface area contributed by atoms with Crippen molar-refractivity contribution in [1.29, 1.82) is 0 Å². The third kappa shape index (κ3) is 4.06. The Bertz CT molecular complexity index is 189. The van der Waals surface area contributed by atoms with Crippen LogP contribution in [0.1, 0.15) is 58.3 Å². The molecule has 0 aromatic heterocycles. The molecule has 0 aromatic rings. The molecule has 1 aliphatic heterocycles. The summed E-state index contributed by atoms with van der Waals surface area (Å²) in [6.45, 7) is 4.36. The second kappa shape index (κ2) is 6.61. The Morgan fingerprint density at radius 3 is 2.69 bits per heavy atom. The van der Waals surface area contributed by atoms with Gasteiger partial charge in [-0.1, -0.05) is 32.1 Å². The van der Waals surface area contributed by atoms with Gasteiger partial charge in [-0.25, -0.2) is 0 Å². The summed E-state index contributed by atoms with van der Waals surface area (Å²) < 4.78 is 5.56. The zero-order valence-corrected chi connectivity index (χ0v) is 10.7. The Morgan fingerprint density at radius 2 is 1.94 bits per heavy atom. The van der Waals surface area contributed by atoms with Crippen LogP contribution >= 0.6 is 0 Å². The van der Waals surface area contributed by atoms with Crippen LogP contribution in [0.5, 0.6) is 0 Å². The Hall–Kier alpha value is -0.0800. The predicted molar refractivity (Wildman–Crippen MR) is 67.6 cm³/mol. The summed E-state index contributed by atoms with van der Waals surface area (Å²) in [6.07, 6.45) is 11.6. The van der Waals surface area contributed by atoms with Crippen molar-refractivity contribution in [2.24, 2.45) is 5.92 Å². The number of nitrogens with one attached hydrogen (secondary N) is 1. The van der Waals surface area contributed by atoms with Crippen LogP contribution in [0, 0.1) is 5.92 Å². The van der Waals surface area contributed by atoms with Gasteiger partial charge in [-0.15, -0.1) is 0 Å². The van der Waals surface area contributed by atoms with Gasteiger partial charge >= 0.3 is 0 Å². The van der Waals surface area contributed by atoms with E-state index in [9.17, 15) is 0 Å². The molecule has 2 atom stereocenters. The van der Waals surface area contributed by atoms with Gasteiger partial charge in [-0.2, -0.15) is 0 Å². The smallest absolute Gasteiger partial charge is 0.0561 e. The standard InChI is InChI=1S/C14H27NO/c1-12-11-14(8-10-16-12)15-9-7-13-5-3-2-4-6-13/h12-15H,2-11H2,1H3. The lowest BCUT2D eigenvalue weighted by Crippen LogP contribution is -2.38. The van der Waals surface area contributed by atoms with E-state index < -0.39 is 0 Å². The molecule has 2 heteroatoms. The van der Waals surface area contributed by atoms with E-state index in [1.54, 1.807) is 0 Å². The van der Waals surface area contributed by atoms with E-state index in [0.717, 1.165) is 12.5 Å². The van der Waals surface area contributed by atoms with E-state index in [1.807, 2.05) is 0 Å². The topological polar surface area (TPSA) is 21.3 Å². The van der Waals surface area contributed by atoms with Gasteiger partial charge in [-0.3, -0.25) is 0 Å². The van der Waals surface area contributed by atoms with Gasteiger partial charge < -0.3 is 10.1 Å². The van der Waals surface area contributed by atoms with Gasteiger partial charge in [0, 0.05) is 12.6 Å². The quantitative estimate of drug-likeness (QED) is 0.794. The van der Waals surface area contributed by atoms with Gasteiger partial charge in [0.2, 0.25) is 0 Å². The van der Waals surface area contributed by atoms with Crippen molar-refractivity contribution in [1.82, 2.24) is 5.32 Å². The van der Waals surface area contributed by atoms with Crippen LogP contribution in [0.3, 0.4) is 0 Å². The molecule has 94 valence electrons. The Kier molecular flexibility index (Phi) is 5.11. The molecular weight excluding hydrogens is 198 g/mol. The number of rotatable bonds is 4. The first-order chi connectivity index (χ1) is 7.84. The SMILES string of the molecule is CC1CC(NCCC2CCCCC2)CCO1.